The van der Waals surface area contributed by atoms with Crippen LogP contribution in [-0.2, 0) is 19.4 Å². The molecule has 2 aliphatic heterocycles. The summed E-state index contributed by atoms with van der Waals surface area (Å²) in [6, 6.07) is 8.91. The van der Waals surface area contributed by atoms with E-state index in [4.69, 9.17) is 0 Å². The number of hydrogen-bond acceptors (Lipinski definition) is 4. The molecule has 1 fully saturated rings. The number of hydrogen-bond donors (Lipinski definition) is 0. The molecule has 0 N–H and O–H groups in total. The highest BCUT2D eigenvalue weighted by Gasteiger charge is 2.18. The minimum atomic E-state index is 1.06. The predicted molar refractivity (Wildman–Crippen MR) is 92.7 cm³/mol. The van der Waals surface area contributed by atoms with Crippen LogP contribution in [0.15, 0.2) is 30.5 Å². The Balaban J connectivity index is 1.40. The number of fused-ring (bicyclic) bond motifs is 1. The molecule has 2 aromatic rings. The van der Waals surface area contributed by atoms with E-state index in [2.05, 4.69) is 45.2 Å². The van der Waals surface area contributed by atoms with E-state index in [0.29, 0.717) is 0 Å². The second-order valence-electron chi connectivity index (χ2n) is 6.35. The van der Waals surface area contributed by atoms with Gasteiger partial charge in [-0.3, -0.25) is 4.90 Å². The van der Waals surface area contributed by atoms with Crippen molar-refractivity contribution in [3.63, 3.8) is 0 Å². The van der Waals surface area contributed by atoms with Crippen LogP contribution >= 0.6 is 11.3 Å². The number of aromatic nitrogens is 1. The van der Waals surface area contributed by atoms with Gasteiger partial charge in [-0.05, 0) is 36.8 Å². The summed E-state index contributed by atoms with van der Waals surface area (Å²) < 4.78 is 0. The van der Waals surface area contributed by atoms with Gasteiger partial charge in [0.1, 0.15) is 0 Å². The van der Waals surface area contributed by atoms with Gasteiger partial charge in [-0.25, -0.2) is 4.98 Å². The molecule has 0 radical (unpaired) electrons. The fraction of sp³-hybridized carbons (Fsp3) is 0.500. The van der Waals surface area contributed by atoms with Crippen molar-refractivity contribution in [3.8, 4) is 0 Å². The number of benzene rings is 1. The highest BCUT2D eigenvalue weighted by molar-refractivity contribution is 7.15. The van der Waals surface area contributed by atoms with Gasteiger partial charge in [0.15, 0.2) is 5.13 Å². The van der Waals surface area contributed by atoms with Gasteiger partial charge in [-0.1, -0.05) is 24.3 Å². The van der Waals surface area contributed by atoms with E-state index in [1.54, 1.807) is 0 Å². The summed E-state index contributed by atoms with van der Waals surface area (Å²) in [6.45, 7) is 5.75. The maximum absolute atomic E-state index is 4.64. The van der Waals surface area contributed by atoms with Crippen molar-refractivity contribution < 1.29 is 0 Å². The Morgan fingerprint density at radius 3 is 2.32 bits per heavy atom. The first kappa shape index (κ1) is 14.2. The smallest absolute Gasteiger partial charge is 0.185 e. The Bertz CT molecular complexity index is 604. The van der Waals surface area contributed by atoms with Crippen LogP contribution in [0, 0.1) is 0 Å². The highest BCUT2D eigenvalue weighted by atomic mass is 32.1. The van der Waals surface area contributed by atoms with Crippen LogP contribution in [0.1, 0.15) is 28.8 Å². The van der Waals surface area contributed by atoms with Crippen LogP contribution in [0.5, 0.6) is 0 Å². The molecule has 0 atom stereocenters. The van der Waals surface area contributed by atoms with E-state index in [9.17, 15) is 0 Å². The molecule has 0 aliphatic carbocycles. The van der Waals surface area contributed by atoms with Gasteiger partial charge in [0, 0.05) is 43.8 Å². The first-order valence-electron chi connectivity index (χ1n) is 8.37. The molecule has 0 amide bonds. The summed E-state index contributed by atoms with van der Waals surface area (Å²) in [6.07, 6.45) is 7.08. The van der Waals surface area contributed by atoms with Gasteiger partial charge in [0.05, 0.1) is 0 Å². The standard InChI is InChI=1S/C18H23N3S/c1-2-6-16-8-12-20(11-7-15(16)5-1)14-17-13-19-18(22-17)21-9-3-4-10-21/h1-2,5-6,13H,3-4,7-12,14H2. The van der Waals surface area contributed by atoms with E-state index in [0.717, 1.165) is 19.6 Å². The zero-order chi connectivity index (χ0) is 14.8. The highest BCUT2D eigenvalue weighted by Crippen LogP contribution is 2.27. The van der Waals surface area contributed by atoms with Crippen molar-refractivity contribution >= 4 is 16.5 Å². The summed E-state index contributed by atoms with van der Waals surface area (Å²) >= 11 is 1.89. The molecular weight excluding hydrogens is 290 g/mol. The van der Waals surface area contributed by atoms with E-state index in [-0.39, 0.29) is 0 Å². The van der Waals surface area contributed by atoms with Gasteiger partial charge in [-0.2, -0.15) is 0 Å². The first-order chi connectivity index (χ1) is 10.9. The summed E-state index contributed by atoms with van der Waals surface area (Å²) in [5.41, 5.74) is 3.07. The zero-order valence-corrected chi connectivity index (χ0v) is 13.8. The molecule has 1 aromatic heterocycles. The second kappa shape index (κ2) is 6.39. The SMILES string of the molecule is c1ccc2c(c1)CCN(Cc1cnc(N3CCCC3)s1)CC2. The monoisotopic (exact) mass is 313 g/mol. The fourth-order valence-corrected chi connectivity index (χ4v) is 4.52. The summed E-state index contributed by atoms with van der Waals surface area (Å²) in [7, 11) is 0. The Morgan fingerprint density at radius 1 is 0.955 bits per heavy atom. The second-order valence-corrected chi connectivity index (χ2v) is 7.44. The van der Waals surface area contributed by atoms with Crippen LogP contribution in [0.2, 0.25) is 0 Å². The van der Waals surface area contributed by atoms with Crippen molar-refractivity contribution in [1.29, 1.82) is 0 Å². The van der Waals surface area contributed by atoms with Gasteiger partial charge in [-0.15, -0.1) is 11.3 Å². The maximum Gasteiger partial charge on any atom is 0.185 e. The molecule has 0 bridgehead atoms. The lowest BCUT2D eigenvalue weighted by molar-refractivity contribution is 0.281. The quantitative estimate of drug-likeness (QED) is 0.866. The van der Waals surface area contributed by atoms with Gasteiger partial charge >= 0.3 is 0 Å². The molecule has 1 saturated heterocycles. The van der Waals surface area contributed by atoms with E-state index >= 15 is 0 Å². The first-order valence-corrected chi connectivity index (χ1v) is 9.19. The molecular formula is C18H23N3S. The maximum atomic E-state index is 4.64. The Hall–Kier alpha value is -1.39. The average molecular weight is 313 g/mol. The minimum absolute atomic E-state index is 1.06. The largest absolute Gasteiger partial charge is 0.348 e. The van der Waals surface area contributed by atoms with E-state index in [1.165, 1.54) is 59.9 Å². The third-order valence-electron chi connectivity index (χ3n) is 4.81. The van der Waals surface area contributed by atoms with Crippen molar-refractivity contribution in [2.45, 2.75) is 32.2 Å². The lowest BCUT2D eigenvalue weighted by Gasteiger charge is -2.18. The van der Waals surface area contributed by atoms with Crippen molar-refractivity contribution in [1.82, 2.24) is 9.88 Å². The van der Waals surface area contributed by atoms with E-state index in [1.807, 2.05) is 11.3 Å². The summed E-state index contributed by atoms with van der Waals surface area (Å²) in [5, 5.41) is 1.23. The van der Waals surface area contributed by atoms with Crippen LogP contribution in [0.4, 0.5) is 5.13 Å². The molecule has 0 spiro atoms. The van der Waals surface area contributed by atoms with Gasteiger partial charge in [0.2, 0.25) is 0 Å². The number of rotatable bonds is 3. The molecule has 4 rings (SSSR count). The molecule has 4 heteroatoms. The van der Waals surface area contributed by atoms with E-state index < -0.39 is 0 Å². The molecule has 116 valence electrons. The van der Waals surface area contributed by atoms with Crippen molar-refractivity contribution in [2.24, 2.45) is 0 Å². The predicted octanol–water partition coefficient (Wildman–Crippen LogP) is 3.34. The van der Waals surface area contributed by atoms with Crippen LogP contribution in [0.25, 0.3) is 0 Å². The third-order valence-corrected chi connectivity index (χ3v) is 5.85. The number of thiazole rings is 1. The zero-order valence-electron chi connectivity index (χ0n) is 13.0. The summed E-state index contributed by atoms with van der Waals surface area (Å²) in [4.78, 5) is 11.1. The van der Waals surface area contributed by atoms with Crippen LogP contribution < -0.4 is 4.90 Å². The third kappa shape index (κ3) is 3.03. The molecule has 0 saturated carbocycles. The normalized spacial score (nSPS) is 19.2. The average Bonchev–Trinajstić information content (AvgIpc) is 3.18. The van der Waals surface area contributed by atoms with Gasteiger partial charge < -0.3 is 4.90 Å². The number of anilines is 1. The molecule has 1 aromatic carbocycles. The Kier molecular flexibility index (Phi) is 4.13. The lowest BCUT2D eigenvalue weighted by Crippen LogP contribution is -2.25. The molecule has 22 heavy (non-hydrogen) atoms. The van der Waals surface area contributed by atoms with Crippen LogP contribution in [0.3, 0.4) is 0 Å². The van der Waals surface area contributed by atoms with Crippen molar-refractivity contribution in [3.05, 3.63) is 46.5 Å². The molecule has 2 aliphatic rings. The summed E-state index contributed by atoms with van der Waals surface area (Å²) in [5.74, 6) is 0. The molecule has 3 heterocycles. The Morgan fingerprint density at radius 2 is 1.64 bits per heavy atom. The van der Waals surface area contributed by atoms with Gasteiger partial charge in [0.25, 0.3) is 0 Å². The van der Waals surface area contributed by atoms with Crippen molar-refractivity contribution in [2.75, 3.05) is 31.1 Å². The topological polar surface area (TPSA) is 19.4 Å². The molecule has 0 unspecified atom stereocenters. The number of nitrogens with zero attached hydrogens (tertiary/aromatic N) is 3. The lowest BCUT2D eigenvalue weighted by atomic mass is 10.0. The Labute approximate surface area is 136 Å². The fourth-order valence-electron chi connectivity index (χ4n) is 3.52. The minimum Gasteiger partial charge on any atom is -0.348 e. The molecule has 3 nitrogen and oxygen atoms in total. The van der Waals surface area contributed by atoms with Crippen LogP contribution in [-0.4, -0.2) is 36.1 Å².